The predicted octanol–water partition coefficient (Wildman–Crippen LogP) is 6.36. The summed E-state index contributed by atoms with van der Waals surface area (Å²) >= 11 is 17.8. The van der Waals surface area contributed by atoms with Gasteiger partial charge in [-0.15, -0.1) is 0 Å². The Balaban J connectivity index is 1.44. The van der Waals surface area contributed by atoms with Crippen LogP contribution in [0.2, 0.25) is 0 Å². The quantitative estimate of drug-likeness (QED) is 0.186. The molecule has 5 rings (SSSR count). The van der Waals surface area contributed by atoms with E-state index in [0.717, 1.165) is 16.7 Å². The average Bonchev–Trinajstić information content (AvgIpc) is 2.96. The Hall–Kier alpha value is -2.20. The molecular formula is C29H28Cl3NO6. The van der Waals surface area contributed by atoms with Gasteiger partial charge in [-0.1, -0.05) is 126 Å². The second kappa shape index (κ2) is 13.0. The fourth-order valence-corrected chi connectivity index (χ4v) is 4.64. The minimum atomic E-state index is -2.08. The molecule has 2 aliphatic heterocycles. The third-order valence-corrected chi connectivity index (χ3v) is 6.93. The Labute approximate surface area is 242 Å². The summed E-state index contributed by atoms with van der Waals surface area (Å²) in [6.07, 6.45) is -4.41. The third-order valence-electron chi connectivity index (χ3n) is 6.42. The van der Waals surface area contributed by atoms with Crippen LogP contribution in [0.5, 0.6) is 0 Å². The van der Waals surface area contributed by atoms with E-state index < -0.39 is 46.7 Å². The van der Waals surface area contributed by atoms with Crippen molar-refractivity contribution < 1.29 is 28.4 Å². The number of hydrogen-bond acceptors (Lipinski definition) is 7. The van der Waals surface area contributed by atoms with Crippen molar-refractivity contribution in [2.45, 2.75) is 54.0 Å². The summed E-state index contributed by atoms with van der Waals surface area (Å²) in [4.78, 5) is 0. The molecule has 0 radical (unpaired) electrons. The summed E-state index contributed by atoms with van der Waals surface area (Å²) in [5.41, 5.74) is 2.78. The van der Waals surface area contributed by atoms with Crippen LogP contribution in [0.1, 0.15) is 23.0 Å². The maximum absolute atomic E-state index is 8.18. The fraction of sp³-hybridized carbons (Fsp3) is 0.345. The minimum Gasteiger partial charge on any atom is -0.445 e. The molecule has 0 bridgehead atoms. The number of alkyl halides is 3. The summed E-state index contributed by atoms with van der Waals surface area (Å²) in [7, 11) is 0. The number of ether oxygens (including phenoxy) is 6. The highest BCUT2D eigenvalue weighted by molar-refractivity contribution is 6.76. The Morgan fingerprint density at radius 1 is 0.769 bits per heavy atom. The van der Waals surface area contributed by atoms with Gasteiger partial charge >= 0.3 is 0 Å². The molecule has 2 fully saturated rings. The number of halogens is 3. The van der Waals surface area contributed by atoms with Crippen LogP contribution in [0, 0.1) is 5.41 Å². The standard InChI is InChI=1S/C29H28Cl3NO6/c30-29(31,32)28(33)39-27-25(35-17-20-12-6-2-7-13-20)24(34-16-19-10-4-1-5-11-19)23-22(37-27)18-36-26(38-23)21-14-8-3-9-15-21/h1-15,22-27,33H,16-18H2/t22-,23-,24+,25+,26?,27+/m1/s1. The summed E-state index contributed by atoms with van der Waals surface area (Å²) in [6, 6.07) is 29.1. The molecule has 6 atom stereocenters. The van der Waals surface area contributed by atoms with E-state index in [1.807, 2.05) is 91.0 Å². The second-order valence-electron chi connectivity index (χ2n) is 9.19. The van der Waals surface area contributed by atoms with E-state index in [1.54, 1.807) is 0 Å². The van der Waals surface area contributed by atoms with Crippen molar-refractivity contribution in [2.75, 3.05) is 6.61 Å². The highest BCUT2D eigenvalue weighted by atomic mass is 35.6. The molecule has 10 heteroatoms. The van der Waals surface area contributed by atoms with E-state index in [-0.39, 0.29) is 19.8 Å². The monoisotopic (exact) mass is 591 g/mol. The van der Waals surface area contributed by atoms with Gasteiger partial charge in [-0.05, 0) is 11.1 Å². The zero-order valence-corrected chi connectivity index (χ0v) is 23.1. The van der Waals surface area contributed by atoms with E-state index in [2.05, 4.69) is 0 Å². The zero-order valence-electron chi connectivity index (χ0n) is 20.8. The van der Waals surface area contributed by atoms with Crippen LogP contribution < -0.4 is 0 Å². The van der Waals surface area contributed by atoms with E-state index in [9.17, 15) is 0 Å². The number of benzene rings is 3. The van der Waals surface area contributed by atoms with Gasteiger partial charge in [0.1, 0.15) is 24.4 Å². The zero-order chi connectivity index (χ0) is 27.2. The Kier molecular flexibility index (Phi) is 9.43. The molecule has 206 valence electrons. The first kappa shape index (κ1) is 28.3. The van der Waals surface area contributed by atoms with Crippen molar-refractivity contribution in [3.63, 3.8) is 0 Å². The molecule has 0 aliphatic carbocycles. The summed E-state index contributed by atoms with van der Waals surface area (Å²) < 4.78 is 35.2. The van der Waals surface area contributed by atoms with E-state index in [0.29, 0.717) is 0 Å². The van der Waals surface area contributed by atoms with Gasteiger partial charge < -0.3 is 28.4 Å². The van der Waals surface area contributed by atoms with E-state index in [1.165, 1.54) is 0 Å². The van der Waals surface area contributed by atoms with Crippen molar-refractivity contribution in [1.82, 2.24) is 0 Å². The molecule has 1 unspecified atom stereocenters. The Bertz CT molecular complexity index is 1200. The summed E-state index contributed by atoms with van der Waals surface area (Å²) in [6.45, 7) is 0.716. The molecule has 3 aromatic rings. The van der Waals surface area contributed by atoms with Crippen molar-refractivity contribution in [2.24, 2.45) is 0 Å². The predicted molar refractivity (Wildman–Crippen MR) is 148 cm³/mol. The first-order valence-electron chi connectivity index (χ1n) is 12.5. The molecule has 7 nitrogen and oxygen atoms in total. The highest BCUT2D eigenvalue weighted by Crippen LogP contribution is 2.38. The molecule has 0 amide bonds. The smallest absolute Gasteiger partial charge is 0.265 e. The largest absolute Gasteiger partial charge is 0.445 e. The van der Waals surface area contributed by atoms with Gasteiger partial charge in [0.25, 0.3) is 3.79 Å². The maximum Gasteiger partial charge on any atom is 0.265 e. The number of fused-ring (bicyclic) bond motifs is 1. The van der Waals surface area contributed by atoms with Gasteiger partial charge in [-0.3, -0.25) is 5.41 Å². The van der Waals surface area contributed by atoms with Crippen molar-refractivity contribution in [3.05, 3.63) is 108 Å². The number of rotatable bonds is 8. The molecule has 0 spiro atoms. The third kappa shape index (κ3) is 7.31. The van der Waals surface area contributed by atoms with Crippen LogP contribution in [-0.4, -0.2) is 47.0 Å². The highest BCUT2D eigenvalue weighted by Gasteiger charge is 2.53. The SMILES string of the molecule is N=C(O[C@@H]1O[C@@H]2COC(c3ccccc3)O[C@H]2[C@H](OCc2ccccc2)[C@@H]1OCc1ccccc1)C(Cl)(Cl)Cl. The molecule has 2 saturated heterocycles. The van der Waals surface area contributed by atoms with Gasteiger partial charge in [0.2, 0.25) is 12.2 Å². The van der Waals surface area contributed by atoms with Crippen LogP contribution in [0.25, 0.3) is 0 Å². The normalized spacial score (nSPS) is 26.9. The van der Waals surface area contributed by atoms with Crippen molar-refractivity contribution in [3.8, 4) is 0 Å². The summed E-state index contributed by atoms with van der Waals surface area (Å²) in [5, 5.41) is 8.18. The molecule has 3 aromatic carbocycles. The fourth-order valence-electron chi connectivity index (χ4n) is 4.50. The molecule has 0 saturated carbocycles. The van der Waals surface area contributed by atoms with E-state index >= 15 is 0 Å². The molecule has 2 heterocycles. The molecule has 2 aliphatic rings. The number of nitrogens with one attached hydrogen (secondary N) is 1. The molecular weight excluding hydrogens is 565 g/mol. The van der Waals surface area contributed by atoms with Crippen LogP contribution in [0.15, 0.2) is 91.0 Å². The van der Waals surface area contributed by atoms with Gasteiger partial charge in [0, 0.05) is 5.56 Å². The number of hydrogen-bond donors (Lipinski definition) is 1. The first-order chi connectivity index (χ1) is 18.9. The van der Waals surface area contributed by atoms with Gasteiger partial charge in [-0.2, -0.15) is 0 Å². The molecule has 0 aromatic heterocycles. The lowest BCUT2D eigenvalue weighted by Crippen LogP contribution is -2.64. The van der Waals surface area contributed by atoms with Crippen LogP contribution in [-0.2, 0) is 41.6 Å². The van der Waals surface area contributed by atoms with Crippen LogP contribution in [0.4, 0.5) is 0 Å². The lowest BCUT2D eigenvalue weighted by molar-refractivity contribution is -0.363. The Morgan fingerprint density at radius 2 is 1.31 bits per heavy atom. The van der Waals surface area contributed by atoms with Gasteiger partial charge in [0.15, 0.2) is 6.29 Å². The van der Waals surface area contributed by atoms with Gasteiger partial charge in [-0.25, -0.2) is 0 Å². The molecule has 1 N–H and O–H groups in total. The topological polar surface area (TPSA) is 79.2 Å². The average molecular weight is 593 g/mol. The van der Waals surface area contributed by atoms with Crippen molar-refractivity contribution >= 4 is 40.7 Å². The Morgan fingerprint density at radius 3 is 1.87 bits per heavy atom. The van der Waals surface area contributed by atoms with E-state index in [4.69, 9.17) is 68.6 Å². The van der Waals surface area contributed by atoms with Crippen molar-refractivity contribution in [1.29, 1.82) is 5.41 Å². The molecule has 39 heavy (non-hydrogen) atoms. The van der Waals surface area contributed by atoms with Crippen LogP contribution in [0.3, 0.4) is 0 Å². The second-order valence-corrected chi connectivity index (χ2v) is 11.5. The first-order valence-corrected chi connectivity index (χ1v) is 13.6. The maximum atomic E-state index is 8.18. The van der Waals surface area contributed by atoms with Crippen LogP contribution >= 0.6 is 34.8 Å². The summed E-state index contributed by atoms with van der Waals surface area (Å²) in [5.74, 6) is -0.592. The van der Waals surface area contributed by atoms with Gasteiger partial charge in [0.05, 0.1) is 19.8 Å². The minimum absolute atomic E-state index is 0.196. The lowest BCUT2D eigenvalue weighted by atomic mass is 9.97. The lowest BCUT2D eigenvalue weighted by Gasteiger charge is -2.48.